The number of nitrogens with one attached hydrogen (secondary N) is 2. The molecule has 3 N–H and O–H groups in total. The van der Waals surface area contributed by atoms with Gasteiger partial charge in [0.15, 0.2) is 0 Å². The molecule has 3 amide bonds. The first kappa shape index (κ1) is 20.5. The van der Waals surface area contributed by atoms with Gasteiger partial charge in [-0.25, -0.2) is 9.59 Å². The van der Waals surface area contributed by atoms with Crippen molar-refractivity contribution in [1.29, 1.82) is 0 Å². The zero-order chi connectivity index (χ0) is 21.8. The fourth-order valence-electron chi connectivity index (χ4n) is 3.76. The maximum absolute atomic E-state index is 12.8. The largest absolute Gasteiger partial charge is 0.480 e. The number of carboxylic acid groups (broad SMARTS) is 1. The molecule has 1 aliphatic rings. The summed E-state index contributed by atoms with van der Waals surface area (Å²) < 4.78 is 0. The van der Waals surface area contributed by atoms with Gasteiger partial charge in [0.1, 0.15) is 11.7 Å². The number of piperazine rings is 1. The van der Waals surface area contributed by atoms with Crippen molar-refractivity contribution in [3.63, 3.8) is 0 Å². The van der Waals surface area contributed by atoms with E-state index in [9.17, 15) is 19.5 Å². The van der Waals surface area contributed by atoms with Crippen LogP contribution in [0.4, 0.5) is 4.79 Å². The quantitative estimate of drug-likeness (QED) is 0.589. The minimum atomic E-state index is -1.08. The highest BCUT2D eigenvalue weighted by Gasteiger charge is 2.28. The molecule has 8 nitrogen and oxygen atoms in total. The number of urea groups is 1. The summed E-state index contributed by atoms with van der Waals surface area (Å²) in [5, 5.41) is 13.1. The lowest BCUT2D eigenvalue weighted by Gasteiger charge is -2.35. The minimum absolute atomic E-state index is 0.108. The number of nitrogens with zero attached hydrogens (tertiary/aromatic N) is 2. The van der Waals surface area contributed by atoms with E-state index in [0.717, 1.165) is 16.5 Å². The van der Waals surface area contributed by atoms with Crippen molar-refractivity contribution in [2.75, 3.05) is 26.2 Å². The number of amides is 3. The first-order valence-corrected chi connectivity index (χ1v) is 10.2. The van der Waals surface area contributed by atoms with Gasteiger partial charge in [-0.05, 0) is 17.7 Å². The number of carbonyl (C=O) groups is 3. The molecule has 1 fully saturated rings. The van der Waals surface area contributed by atoms with Crippen molar-refractivity contribution >= 4 is 28.8 Å². The van der Waals surface area contributed by atoms with Gasteiger partial charge in [-0.2, -0.15) is 0 Å². The first-order chi connectivity index (χ1) is 15.0. The summed E-state index contributed by atoms with van der Waals surface area (Å²) in [5.41, 5.74) is 2.26. The Morgan fingerprint density at radius 3 is 2.26 bits per heavy atom. The highest BCUT2D eigenvalue weighted by molar-refractivity contribution is 5.98. The molecule has 160 valence electrons. The number of benzene rings is 2. The molecular weight excluding hydrogens is 396 g/mol. The molecule has 4 rings (SSSR count). The Balaban J connectivity index is 1.33. The summed E-state index contributed by atoms with van der Waals surface area (Å²) in [4.78, 5) is 43.4. The van der Waals surface area contributed by atoms with Gasteiger partial charge in [0.05, 0.1) is 0 Å². The molecule has 1 saturated heterocycles. The average molecular weight is 420 g/mol. The van der Waals surface area contributed by atoms with Crippen LogP contribution in [0, 0.1) is 0 Å². The van der Waals surface area contributed by atoms with Crippen LogP contribution in [-0.4, -0.2) is 70.0 Å². The number of aromatic amines is 1. The van der Waals surface area contributed by atoms with Crippen molar-refractivity contribution in [3.8, 4) is 0 Å². The lowest BCUT2D eigenvalue weighted by Crippen LogP contribution is -2.55. The fraction of sp³-hybridized carbons (Fsp3) is 0.261. The second-order valence-corrected chi connectivity index (χ2v) is 7.58. The van der Waals surface area contributed by atoms with E-state index in [4.69, 9.17) is 0 Å². The molecule has 0 saturated carbocycles. The van der Waals surface area contributed by atoms with Crippen molar-refractivity contribution in [3.05, 3.63) is 71.9 Å². The van der Waals surface area contributed by atoms with E-state index in [1.165, 1.54) is 0 Å². The van der Waals surface area contributed by atoms with Crippen LogP contribution in [0.25, 0.3) is 10.9 Å². The molecule has 2 heterocycles. The Bertz CT molecular complexity index is 1050. The van der Waals surface area contributed by atoms with Gasteiger partial charge >= 0.3 is 12.0 Å². The Kier molecular flexibility index (Phi) is 5.88. The lowest BCUT2D eigenvalue weighted by molar-refractivity contribution is -0.139. The van der Waals surface area contributed by atoms with Gasteiger partial charge in [0, 0.05) is 43.5 Å². The zero-order valence-corrected chi connectivity index (χ0v) is 17.0. The maximum Gasteiger partial charge on any atom is 0.326 e. The number of rotatable bonds is 5. The Morgan fingerprint density at radius 2 is 1.58 bits per heavy atom. The summed E-state index contributed by atoms with van der Waals surface area (Å²) in [6, 6.07) is 17.3. The van der Waals surface area contributed by atoms with Crippen LogP contribution in [0.5, 0.6) is 0 Å². The Morgan fingerprint density at radius 1 is 0.935 bits per heavy atom. The number of aliphatic carboxylic acids is 1. The molecule has 8 heteroatoms. The van der Waals surface area contributed by atoms with Crippen LogP contribution < -0.4 is 5.32 Å². The monoisotopic (exact) mass is 420 g/mol. The summed E-state index contributed by atoms with van der Waals surface area (Å²) >= 11 is 0. The van der Waals surface area contributed by atoms with Gasteiger partial charge in [-0.1, -0.05) is 48.5 Å². The molecule has 3 aromatic rings. The van der Waals surface area contributed by atoms with Gasteiger partial charge < -0.3 is 25.2 Å². The third-order valence-electron chi connectivity index (χ3n) is 5.49. The molecule has 0 spiro atoms. The van der Waals surface area contributed by atoms with Gasteiger partial charge in [-0.3, -0.25) is 4.79 Å². The van der Waals surface area contributed by atoms with E-state index < -0.39 is 18.0 Å². The summed E-state index contributed by atoms with van der Waals surface area (Å²) in [6.07, 6.45) is 0.209. The van der Waals surface area contributed by atoms with Gasteiger partial charge in [0.25, 0.3) is 5.91 Å². The van der Waals surface area contributed by atoms with E-state index in [2.05, 4.69) is 10.3 Å². The average Bonchev–Trinajstić information content (AvgIpc) is 3.23. The molecule has 0 bridgehead atoms. The van der Waals surface area contributed by atoms with Crippen molar-refractivity contribution in [2.24, 2.45) is 0 Å². The predicted molar refractivity (Wildman–Crippen MR) is 116 cm³/mol. The van der Waals surface area contributed by atoms with Crippen LogP contribution in [0.2, 0.25) is 0 Å². The predicted octanol–water partition coefficient (Wildman–Crippen LogP) is 2.33. The second kappa shape index (κ2) is 8.91. The van der Waals surface area contributed by atoms with Crippen LogP contribution in [0.15, 0.2) is 60.7 Å². The SMILES string of the molecule is O=C(O)[C@H](Cc1ccccc1)NC(=O)N1CCN(C(=O)c2cc3ccccc3[nH]2)CC1. The van der Waals surface area contributed by atoms with E-state index in [1.54, 1.807) is 9.80 Å². The van der Waals surface area contributed by atoms with Gasteiger partial charge in [-0.15, -0.1) is 0 Å². The zero-order valence-electron chi connectivity index (χ0n) is 17.0. The number of hydrogen-bond donors (Lipinski definition) is 3. The number of H-pyrrole nitrogens is 1. The Labute approximate surface area is 179 Å². The highest BCUT2D eigenvalue weighted by atomic mass is 16.4. The molecule has 2 aromatic carbocycles. The third-order valence-corrected chi connectivity index (χ3v) is 5.49. The topological polar surface area (TPSA) is 106 Å². The molecule has 1 atom stereocenters. The number of carbonyl (C=O) groups excluding carboxylic acids is 2. The molecule has 1 aliphatic heterocycles. The molecule has 31 heavy (non-hydrogen) atoms. The number of hydrogen-bond acceptors (Lipinski definition) is 3. The minimum Gasteiger partial charge on any atom is -0.480 e. The Hall–Kier alpha value is -3.81. The first-order valence-electron chi connectivity index (χ1n) is 10.2. The van der Waals surface area contributed by atoms with Crippen LogP contribution in [0.1, 0.15) is 16.1 Å². The number of carboxylic acids is 1. The van der Waals surface area contributed by atoms with Crippen LogP contribution in [-0.2, 0) is 11.2 Å². The summed E-state index contributed by atoms with van der Waals surface area (Å²) in [5.74, 6) is -1.19. The summed E-state index contributed by atoms with van der Waals surface area (Å²) in [7, 11) is 0. The molecular formula is C23H24N4O4. The van der Waals surface area contributed by atoms with E-state index in [0.29, 0.717) is 31.9 Å². The van der Waals surface area contributed by atoms with E-state index in [1.807, 2.05) is 60.7 Å². The number of para-hydroxylation sites is 1. The van der Waals surface area contributed by atoms with E-state index in [-0.39, 0.29) is 12.3 Å². The third kappa shape index (κ3) is 4.69. The lowest BCUT2D eigenvalue weighted by atomic mass is 10.1. The standard InChI is InChI=1S/C23H24N4O4/c28-21(19-15-17-8-4-5-9-18(17)24-19)26-10-12-27(13-11-26)23(31)25-20(22(29)30)14-16-6-2-1-3-7-16/h1-9,15,20,24H,10-14H2,(H,25,31)(H,29,30)/t20-/m0/s1. The molecule has 0 aliphatic carbocycles. The van der Waals surface area contributed by atoms with Crippen molar-refractivity contribution < 1.29 is 19.5 Å². The second-order valence-electron chi connectivity index (χ2n) is 7.58. The number of fused-ring (bicyclic) bond motifs is 1. The normalized spacial score (nSPS) is 15.0. The maximum atomic E-state index is 12.8. The fourth-order valence-corrected chi connectivity index (χ4v) is 3.76. The van der Waals surface area contributed by atoms with Gasteiger partial charge in [0.2, 0.25) is 0 Å². The van der Waals surface area contributed by atoms with Crippen molar-refractivity contribution in [2.45, 2.75) is 12.5 Å². The van der Waals surface area contributed by atoms with Crippen LogP contribution >= 0.6 is 0 Å². The van der Waals surface area contributed by atoms with E-state index >= 15 is 0 Å². The molecule has 0 radical (unpaired) electrons. The van der Waals surface area contributed by atoms with Crippen molar-refractivity contribution in [1.82, 2.24) is 20.1 Å². The summed E-state index contributed by atoms with van der Waals surface area (Å²) in [6.45, 7) is 1.46. The molecule has 0 unspecified atom stereocenters. The number of aromatic nitrogens is 1. The highest BCUT2D eigenvalue weighted by Crippen LogP contribution is 2.17. The smallest absolute Gasteiger partial charge is 0.326 e. The van der Waals surface area contributed by atoms with Crippen LogP contribution in [0.3, 0.4) is 0 Å². The molecule has 1 aromatic heterocycles.